The summed E-state index contributed by atoms with van der Waals surface area (Å²) >= 11 is 0. The molecule has 0 radical (unpaired) electrons. The summed E-state index contributed by atoms with van der Waals surface area (Å²) in [7, 11) is 0. The lowest BCUT2D eigenvalue weighted by Gasteiger charge is -2.02. The van der Waals surface area contributed by atoms with Gasteiger partial charge in [-0.25, -0.2) is 0 Å². The molecule has 2 aliphatic rings. The van der Waals surface area contributed by atoms with E-state index in [4.69, 9.17) is 0 Å². The van der Waals surface area contributed by atoms with E-state index in [0.717, 1.165) is 22.6 Å². The first-order chi connectivity index (χ1) is 6.72. The molecule has 0 saturated heterocycles. The van der Waals surface area contributed by atoms with E-state index in [2.05, 4.69) is 22.9 Å². The zero-order valence-electron chi connectivity index (χ0n) is 7.85. The predicted molar refractivity (Wildman–Crippen MR) is 55.5 cm³/mol. The van der Waals surface area contributed by atoms with E-state index in [-0.39, 0.29) is 12.1 Å². The fourth-order valence-electron chi connectivity index (χ4n) is 2.02. The fraction of sp³-hybridized carbons (Fsp3) is 0.300. The summed E-state index contributed by atoms with van der Waals surface area (Å²) in [6.07, 6.45) is 0.766. The lowest BCUT2D eigenvalue weighted by molar-refractivity contribution is -0.115. The third-order valence-corrected chi connectivity index (χ3v) is 2.61. The fourth-order valence-corrected chi connectivity index (χ4v) is 2.02. The first-order valence-corrected chi connectivity index (χ1v) is 4.72. The Hall–Kier alpha value is -1.71. The first-order valence-electron chi connectivity index (χ1n) is 4.72. The van der Waals surface area contributed by atoms with E-state index < -0.39 is 0 Å². The van der Waals surface area contributed by atoms with Crippen LogP contribution in [0.3, 0.4) is 0 Å². The minimum atomic E-state index is 0.0803. The maximum atomic E-state index is 11.1. The molecule has 2 heterocycles. The molecule has 2 aliphatic heterocycles. The van der Waals surface area contributed by atoms with Crippen LogP contribution in [0.1, 0.15) is 12.5 Å². The van der Waals surface area contributed by atoms with Crippen molar-refractivity contribution in [1.82, 2.24) is 0 Å². The number of fused-ring (bicyclic) bond motifs is 2. The molecule has 0 aliphatic carbocycles. The summed E-state index contributed by atoms with van der Waals surface area (Å²) in [5.74, 6) is 0.0803. The first kappa shape index (κ1) is 7.67. The predicted octanol–water partition coefficient (Wildman–Crippen LogP) is 1.36. The molecule has 3 N–H and O–H groups in total. The van der Waals surface area contributed by atoms with Gasteiger partial charge in [0.15, 0.2) is 0 Å². The van der Waals surface area contributed by atoms with Crippen molar-refractivity contribution in [2.24, 2.45) is 0 Å². The average molecular weight is 189 g/mol. The standard InChI is InChI=1S/C10H11N3O/c1-5-11-8-2-6-3-10(14)13-7(6)4-9(8)12-5/h2,4-5,11-12H,3H2,1H3,(H,13,14). The van der Waals surface area contributed by atoms with Gasteiger partial charge in [0.25, 0.3) is 0 Å². The van der Waals surface area contributed by atoms with E-state index in [0.29, 0.717) is 6.42 Å². The van der Waals surface area contributed by atoms with E-state index in [1.807, 2.05) is 12.1 Å². The second-order valence-electron chi connectivity index (χ2n) is 3.79. The number of rotatable bonds is 0. The highest BCUT2D eigenvalue weighted by Gasteiger charge is 2.23. The largest absolute Gasteiger partial charge is 0.364 e. The maximum absolute atomic E-state index is 11.1. The number of hydrogen-bond acceptors (Lipinski definition) is 3. The van der Waals surface area contributed by atoms with Gasteiger partial charge in [0, 0.05) is 5.69 Å². The van der Waals surface area contributed by atoms with Crippen LogP contribution in [0.5, 0.6) is 0 Å². The highest BCUT2D eigenvalue weighted by atomic mass is 16.1. The van der Waals surface area contributed by atoms with Crippen molar-refractivity contribution in [3.8, 4) is 0 Å². The van der Waals surface area contributed by atoms with Gasteiger partial charge in [-0.1, -0.05) is 0 Å². The Bertz CT molecular complexity index is 391. The molecule has 1 amide bonds. The second kappa shape index (κ2) is 2.41. The highest BCUT2D eigenvalue weighted by Crippen LogP contribution is 2.36. The van der Waals surface area contributed by atoms with Gasteiger partial charge in [-0.2, -0.15) is 0 Å². The SMILES string of the molecule is CC1Nc2cc3c(cc2N1)NC(=O)C3. The van der Waals surface area contributed by atoms with Crippen LogP contribution in [-0.4, -0.2) is 12.1 Å². The number of hydrogen-bond donors (Lipinski definition) is 3. The quantitative estimate of drug-likeness (QED) is 0.577. The van der Waals surface area contributed by atoms with Crippen molar-refractivity contribution in [1.29, 1.82) is 0 Å². The third-order valence-electron chi connectivity index (χ3n) is 2.61. The van der Waals surface area contributed by atoms with Crippen molar-refractivity contribution in [2.45, 2.75) is 19.5 Å². The lowest BCUT2D eigenvalue weighted by atomic mass is 10.1. The van der Waals surface area contributed by atoms with E-state index in [1.54, 1.807) is 0 Å². The summed E-state index contributed by atoms with van der Waals surface area (Å²) in [5, 5.41) is 9.41. The molecule has 1 aromatic rings. The molecular weight excluding hydrogens is 178 g/mol. The zero-order chi connectivity index (χ0) is 9.71. The molecule has 0 bridgehead atoms. The number of amides is 1. The molecule has 14 heavy (non-hydrogen) atoms. The number of nitrogens with one attached hydrogen (secondary N) is 3. The molecule has 1 atom stereocenters. The Balaban J connectivity index is 2.09. The Morgan fingerprint density at radius 3 is 2.71 bits per heavy atom. The molecule has 0 spiro atoms. The summed E-state index contributed by atoms with van der Waals surface area (Å²) in [6.45, 7) is 2.06. The normalized spacial score (nSPS) is 22.1. The molecular formula is C10H11N3O. The minimum absolute atomic E-state index is 0.0803. The second-order valence-corrected chi connectivity index (χ2v) is 3.79. The molecule has 4 heteroatoms. The van der Waals surface area contributed by atoms with Crippen LogP contribution < -0.4 is 16.0 Å². The van der Waals surface area contributed by atoms with E-state index in [9.17, 15) is 4.79 Å². The number of anilines is 3. The monoisotopic (exact) mass is 189 g/mol. The Morgan fingerprint density at radius 2 is 1.93 bits per heavy atom. The van der Waals surface area contributed by atoms with Crippen LogP contribution in [0.4, 0.5) is 17.1 Å². The molecule has 0 saturated carbocycles. The molecule has 0 aromatic heterocycles. The van der Waals surface area contributed by atoms with Crippen molar-refractivity contribution in [2.75, 3.05) is 16.0 Å². The van der Waals surface area contributed by atoms with Gasteiger partial charge in [-0.05, 0) is 24.6 Å². The third kappa shape index (κ3) is 0.968. The van der Waals surface area contributed by atoms with Gasteiger partial charge >= 0.3 is 0 Å². The van der Waals surface area contributed by atoms with Crippen molar-refractivity contribution >= 4 is 23.0 Å². The van der Waals surface area contributed by atoms with Gasteiger partial charge in [0.2, 0.25) is 5.91 Å². The van der Waals surface area contributed by atoms with E-state index >= 15 is 0 Å². The van der Waals surface area contributed by atoms with Crippen LogP contribution in [0.2, 0.25) is 0 Å². The molecule has 0 fully saturated rings. The van der Waals surface area contributed by atoms with Gasteiger partial charge in [-0.3, -0.25) is 4.79 Å². The number of benzene rings is 1. The Kier molecular flexibility index (Phi) is 1.32. The number of carbonyl (C=O) groups excluding carboxylic acids is 1. The van der Waals surface area contributed by atoms with Crippen molar-refractivity contribution < 1.29 is 4.79 Å². The summed E-state index contributed by atoms with van der Waals surface area (Å²) < 4.78 is 0. The van der Waals surface area contributed by atoms with Crippen LogP contribution in [0.15, 0.2) is 12.1 Å². The summed E-state index contributed by atoms with van der Waals surface area (Å²) in [6, 6.07) is 4.03. The molecule has 4 nitrogen and oxygen atoms in total. The molecule has 72 valence electrons. The van der Waals surface area contributed by atoms with Crippen LogP contribution >= 0.6 is 0 Å². The maximum Gasteiger partial charge on any atom is 0.228 e. The average Bonchev–Trinajstić information content (AvgIpc) is 2.59. The van der Waals surface area contributed by atoms with Gasteiger partial charge in [-0.15, -0.1) is 0 Å². The smallest absolute Gasteiger partial charge is 0.228 e. The van der Waals surface area contributed by atoms with Crippen LogP contribution in [0.25, 0.3) is 0 Å². The van der Waals surface area contributed by atoms with Gasteiger partial charge < -0.3 is 16.0 Å². The highest BCUT2D eigenvalue weighted by molar-refractivity contribution is 6.01. The molecule has 3 rings (SSSR count). The molecule has 1 unspecified atom stereocenters. The topological polar surface area (TPSA) is 53.2 Å². The minimum Gasteiger partial charge on any atom is -0.364 e. The summed E-state index contributed by atoms with van der Waals surface area (Å²) in [5.41, 5.74) is 4.18. The van der Waals surface area contributed by atoms with Gasteiger partial charge in [0.05, 0.1) is 24.0 Å². The Labute approximate surface area is 81.7 Å². The number of carbonyl (C=O) groups is 1. The zero-order valence-corrected chi connectivity index (χ0v) is 7.85. The van der Waals surface area contributed by atoms with E-state index in [1.165, 1.54) is 0 Å². The van der Waals surface area contributed by atoms with Crippen LogP contribution in [0, 0.1) is 0 Å². The Morgan fingerprint density at radius 1 is 1.21 bits per heavy atom. The van der Waals surface area contributed by atoms with Gasteiger partial charge in [0.1, 0.15) is 0 Å². The lowest BCUT2D eigenvalue weighted by Crippen LogP contribution is -2.16. The van der Waals surface area contributed by atoms with Crippen molar-refractivity contribution in [3.05, 3.63) is 17.7 Å². The molecule has 1 aromatic carbocycles. The summed E-state index contributed by atoms with van der Waals surface area (Å²) in [4.78, 5) is 11.1. The van der Waals surface area contributed by atoms with Crippen LogP contribution in [-0.2, 0) is 11.2 Å². The van der Waals surface area contributed by atoms with Crippen molar-refractivity contribution in [3.63, 3.8) is 0 Å².